The molecule has 1 fully saturated rings. The summed E-state index contributed by atoms with van der Waals surface area (Å²) in [5.41, 5.74) is 0.221. The molecule has 2 aromatic carbocycles. The Labute approximate surface area is 189 Å². The summed E-state index contributed by atoms with van der Waals surface area (Å²) < 4.78 is 38.8. The van der Waals surface area contributed by atoms with Gasteiger partial charge in [0.15, 0.2) is 0 Å². The van der Waals surface area contributed by atoms with E-state index in [9.17, 15) is 28.1 Å². The second-order valence-corrected chi connectivity index (χ2v) is 7.67. The molecule has 0 aliphatic carbocycles. The first-order valence-electron chi connectivity index (χ1n) is 10.6. The fourth-order valence-corrected chi connectivity index (χ4v) is 3.64. The number of nitrogens with one attached hydrogen (secondary N) is 1. The Morgan fingerprint density at radius 1 is 1.09 bits per heavy atom. The first-order valence-corrected chi connectivity index (χ1v) is 10.6. The molecule has 0 radical (unpaired) electrons. The lowest BCUT2D eigenvalue weighted by Gasteiger charge is -2.36. The van der Waals surface area contributed by atoms with Gasteiger partial charge in [-0.3, -0.25) is 19.8 Å². The van der Waals surface area contributed by atoms with Gasteiger partial charge in [-0.05, 0) is 43.3 Å². The minimum atomic E-state index is -4.35. The number of rotatable bonds is 8. The van der Waals surface area contributed by atoms with Crippen LogP contribution in [0.3, 0.4) is 0 Å². The number of nitrogens with zero attached hydrogens (tertiary/aromatic N) is 3. The van der Waals surface area contributed by atoms with E-state index in [2.05, 4.69) is 10.2 Å². The van der Waals surface area contributed by atoms with Crippen LogP contribution < -0.4 is 10.2 Å². The minimum Gasteiger partial charge on any atom is -0.369 e. The highest BCUT2D eigenvalue weighted by Crippen LogP contribution is 2.31. The molecule has 1 heterocycles. The molecule has 3 rings (SSSR count). The van der Waals surface area contributed by atoms with Gasteiger partial charge < -0.3 is 10.2 Å². The number of anilines is 1. The van der Waals surface area contributed by atoms with Crippen LogP contribution in [0.2, 0.25) is 0 Å². The first kappa shape index (κ1) is 24.2. The van der Waals surface area contributed by atoms with E-state index >= 15 is 0 Å². The predicted octanol–water partition coefficient (Wildman–Crippen LogP) is 3.96. The highest BCUT2D eigenvalue weighted by molar-refractivity contribution is 5.92. The number of para-hydroxylation sites is 1. The van der Waals surface area contributed by atoms with Gasteiger partial charge in [-0.2, -0.15) is 13.2 Å². The quantitative estimate of drug-likeness (QED) is 0.278. The van der Waals surface area contributed by atoms with Gasteiger partial charge in [-0.15, -0.1) is 0 Å². The number of nitro benzene ring substituents is 1. The monoisotopic (exact) mass is 462 g/mol. The minimum absolute atomic E-state index is 0.0641. The average molecular weight is 462 g/mol. The molecule has 2 aromatic rings. The molecule has 1 aliphatic heterocycles. The molecule has 1 N–H and O–H groups in total. The van der Waals surface area contributed by atoms with Crippen molar-refractivity contribution in [3.63, 3.8) is 0 Å². The van der Waals surface area contributed by atoms with Gasteiger partial charge in [0.05, 0.1) is 16.1 Å². The smallest absolute Gasteiger partial charge is 0.369 e. The lowest BCUT2D eigenvalue weighted by atomic mass is 10.1. The molecule has 1 aliphatic rings. The fraction of sp³-hybridized carbons (Fsp3) is 0.348. The predicted molar refractivity (Wildman–Crippen MR) is 120 cm³/mol. The van der Waals surface area contributed by atoms with E-state index in [4.69, 9.17) is 0 Å². The number of nitro groups is 1. The van der Waals surface area contributed by atoms with Crippen molar-refractivity contribution < 1.29 is 22.9 Å². The molecule has 1 saturated heterocycles. The number of halogens is 3. The number of carbonyl (C=O) groups is 1. The number of alkyl halides is 3. The average Bonchev–Trinajstić information content (AvgIpc) is 2.80. The maximum Gasteiger partial charge on any atom is 0.416 e. The van der Waals surface area contributed by atoms with Crippen LogP contribution in [0.1, 0.15) is 17.5 Å². The van der Waals surface area contributed by atoms with Crippen molar-refractivity contribution in [3.05, 3.63) is 75.8 Å². The second kappa shape index (κ2) is 11.0. The van der Waals surface area contributed by atoms with Crippen LogP contribution in [-0.4, -0.2) is 55.0 Å². The Morgan fingerprint density at radius 3 is 2.52 bits per heavy atom. The molecular formula is C23H25F3N4O3. The molecule has 176 valence electrons. The largest absolute Gasteiger partial charge is 0.416 e. The third-order valence-corrected chi connectivity index (χ3v) is 5.41. The number of piperazine rings is 1. The van der Waals surface area contributed by atoms with Crippen LogP contribution in [-0.2, 0) is 11.0 Å². The van der Waals surface area contributed by atoms with E-state index in [1.54, 1.807) is 24.3 Å². The van der Waals surface area contributed by atoms with E-state index in [0.717, 1.165) is 25.7 Å². The van der Waals surface area contributed by atoms with Gasteiger partial charge in [0, 0.05) is 50.6 Å². The summed E-state index contributed by atoms with van der Waals surface area (Å²) in [6, 6.07) is 11.6. The van der Waals surface area contributed by atoms with Crippen LogP contribution in [0.15, 0.2) is 54.6 Å². The fourth-order valence-electron chi connectivity index (χ4n) is 3.64. The van der Waals surface area contributed by atoms with Gasteiger partial charge in [-0.1, -0.05) is 18.2 Å². The van der Waals surface area contributed by atoms with E-state index < -0.39 is 16.7 Å². The Morgan fingerprint density at radius 2 is 1.82 bits per heavy atom. The molecule has 0 unspecified atom stereocenters. The molecule has 7 nitrogen and oxygen atoms in total. The van der Waals surface area contributed by atoms with Gasteiger partial charge in [0.1, 0.15) is 0 Å². The maximum absolute atomic E-state index is 12.9. The first-order chi connectivity index (χ1) is 15.7. The van der Waals surface area contributed by atoms with Crippen molar-refractivity contribution in [1.29, 1.82) is 0 Å². The van der Waals surface area contributed by atoms with Crippen LogP contribution in [0.4, 0.5) is 24.5 Å². The molecule has 10 heteroatoms. The SMILES string of the molecule is O=C(/C=C/c1ccccc1[N+](=O)[O-])NCCCN1CCN(c2cccc(C(F)(F)F)c2)CC1. The van der Waals surface area contributed by atoms with Crippen molar-refractivity contribution in [3.8, 4) is 0 Å². The summed E-state index contributed by atoms with van der Waals surface area (Å²) in [5.74, 6) is -0.331. The van der Waals surface area contributed by atoms with Crippen molar-refractivity contribution in [2.45, 2.75) is 12.6 Å². The van der Waals surface area contributed by atoms with Gasteiger partial charge >= 0.3 is 6.18 Å². The molecule has 0 aromatic heterocycles. The number of amides is 1. The highest BCUT2D eigenvalue weighted by Gasteiger charge is 2.31. The summed E-state index contributed by atoms with van der Waals surface area (Å²) >= 11 is 0. The topological polar surface area (TPSA) is 78.7 Å². The Kier molecular flexibility index (Phi) is 8.05. The summed E-state index contributed by atoms with van der Waals surface area (Å²) in [5, 5.41) is 13.8. The van der Waals surface area contributed by atoms with E-state index in [-0.39, 0.29) is 11.6 Å². The van der Waals surface area contributed by atoms with Crippen molar-refractivity contribution in [2.24, 2.45) is 0 Å². The third-order valence-electron chi connectivity index (χ3n) is 5.41. The number of benzene rings is 2. The summed E-state index contributed by atoms with van der Waals surface area (Å²) in [4.78, 5) is 26.6. The number of hydrogen-bond acceptors (Lipinski definition) is 5. The molecule has 33 heavy (non-hydrogen) atoms. The van der Waals surface area contributed by atoms with E-state index in [1.807, 2.05) is 4.90 Å². The molecule has 0 atom stereocenters. The van der Waals surface area contributed by atoms with Crippen LogP contribution in [0.25, 0.3) is 6.08 Å². The maximum atomic E-state index is 12.9. The Balaban J connectivity index is 1.38. The molecule has 0 saturated carbocycles. The Bertz CT molecular complexity index is 1000. The van der Waals surface area contributed by atoms with Gasteiger partial charge in [-0.25, -0.2) is 0 Å². The third kappa shape index (κ3) is 7.04. The van der Waals surface area contributed by atoms with Crippen molar-refractivity contribution in [1.82, 2.24) is 10.2 Å². The van der Waals surface area contributed by atoms with Crippen LogP contribution in [0, 0.1) is 10.1 Å². The molecule has 1 amide bonds. The lowest BCUT2D eigenvalue weighted by Crippen LogP contribution is -2.47. The second-order valence-electron chi connectivity index (χ2n) is 7.67. The molecule has 0 spiro atoms. The van der Waals surface area contributed by atoms with Crippen LogP contribution >= 0.6 is 0 Å². The Hall–Kier alpha value is -3.40. The van der Waals surface area contributed by atoms with E-state index in [1.165, 1.54) is 30.4 Å². The van der Waals surface area contributed by atoms with Crippen molar-refractivity contribution in [2.75, 3.05) is 44.2 Å². The summed E-state index contributed by atoms with van der Waals surface area (Å²) in [6.07, 6.45) is -0.946. The summed E-state index contributed by atoms with van der Waals surface area (Å²) in [6.45, 7) is 3.92. The van der Waals surface area contributed by atoms with Crippen LogP contribution in [0.5, 0.6) is 0 Å². The zero-order valence-electron chi connectivity index (χ0n) is 17.9. The zero-order valence-corrected chi connectivity index (χ0v) is 17.9. The summed E-state index contributed by atoms with van der Waals surface area (Å²) in [7, 11) is 0. The number of hydrogen-bond donors (Lipinski definition) is 1. The number of carbonyl (C=O) groups excluding carboxylic acids is 1. The van der Waals surface area contributed by atoms with Gasteiger partial charge in [0.25, 0.3) is 5.69 Å². The normalized spacial score (nSPS) is 15.1. The van der Waals surface area contributed by atoms with Gasteiger partial charge in [0.2, 0.25) is 5.91 Å². The highest BCUT2D eigenvalue weighted by atomic mass is 19.4. The van der Waals surface area contributed by atoms with Crippen molar-refractivity contribution >= 4 is 23.4 Å². The molecule has 0 bridgehead atoms. The molecular weight excluding hydrogens is 437 g/mol. The van der Waals surface area contributed by atoms with E-state index in [0.29, 0.717) is 37.3 Å². The standard InChI is InChI=1S/C23H25F3N4O3/c24-23(25,26)19-6-3-7-20(17-19)29-15-13-28(14-16-29)12-4-11-27-22(31)10-9-18-5-1-2-8-21(18)30(32)33/h1-3,5-10,17H,4,11-16H2,(H,27,31)/b10-9+. The zero-order chi connectivity index (χ0) is 23.8. The lowest BCUT2D eigenvalue weighted by molar-refractivity contribution is -0.385.